The van der Waals surface area contributed by atoms with Gasteiger partial charge in [-0.1, -0.05) is 18.2 Å². The summed E-state index contributed by atoms with van der Waals surface area (Å²) in [5.74, 6) is 0.133. The van der Waals surface area contributed by atoms with Gasteiger partial charge in [-0.3, -0.25) is 0 Å². The van der Waals surface area contributed by atoms with Crippen molar-refractivity contribution in [3.05, 3.63) is 59.4 Å². The van der Waals surface area contributed by atoms with Crippen LogP contribution in [0.4, 0.5) is 10.1 Å². The van der Waals surface area contributed by atoms with Crippen molar-refractivity contribution in [2.75, 3.05) is 5.73 Å². The fraction of sp³-hybridized carbons (Fsp3) is 0.250. The number of hydrogen-bond acceptors (Lipinski definition) is 3. The second kappa shape index (κ2) is 5.92. The number of aliphatic hydroxyl groups excluding tert-OH is 1. The molecule has 2 aromatic rings. The third-order valence-corrected chi connectivity index (χ3v) is 2.92. The molecule has 1 atom stereocenters. The van der Waals surface area contributed by atoms with Crippen LogP contribution >= 0.6 is 0 Å². The number of ether oxygens (including phenoxy) is 1. The first-order valence-electron chi connectivity index (χ1n) is 6.47. The van der Waals surface area contributed by atoms with Gasteiger partial charge in [-0.05, 0) is 38.1 Å². The van der Waals surface area contributed by atoms with Gasteiger partial charge >= 0.3 is 0 Å². The monoisotopic (exact) mass is 275 g/mol. The highest BCUT2D eigenvalue weighted by Gasteiger charge is 2.18. The maximum atomic E-state index is 13.3. The van der Waals surface area contributed by atoms with Gasteiger partial charge in [-0.25, -0.2) is 4.39 Å². The Balaban J connectivity index is 2.42. The molecule has 0 amide bonds. The molecule has 0 aliphatic heterocycles. The van der Waals surface area contributed by atoms with Crippen molar-refractivity contribution >= 4 is 5.69 Å². The van der Waals surface area contributed by atoms with Crippen molar-refractivity contribution in [3.8, 4) is 5.75 Å². The largest absolute Gasteiger partial charge is 0.491 e. The van der Waals surface area contributed by atoms with E-state index >= 15 is 0 Å². The number of halogens is 1. The van der Waals surface area contributed by atoms with Gasteiger partial charge in [-0.15, -0.1) is 0 Å². The zero-order valence-corrected chi connectivity index (χ0v) is 11.5. The van der Waals surface area contributed by atoms with Crippen LogP contribution in [0.3, 0.4) is 0 Å². The van der Waals surface area contributed by atoms with Gasteiger partial charge < -0.3 is 15.6 Å². The van der Waals surface area contributed by atoms with Gasteiger partial charge in [0, 0.05) is 16.8 Å². The Kier molecular flexibility index (Phi) is 4.25. The molecule has 0 aromatic heterocycles. The lowest BCUT2D eigenvalue weighted by Gasteiger charge is -2.19. The quantitative estimate of drug-likeness (QED) is 0.842. The number of benzene rings is 2. The summed E-state index contributed by atoms with van der Waals surface area (Å²) >= 11 is 0. The summed E-state index contributed by atoms with van der Waals surface area (Å²) < 4.78 is 19.0. The molecule has 0 heterocycles. The normalized spacial score (nSPS) is 12.4. The van der Waals surface area contributed by atoms with E-state index in [0.29, 0.717) is 22.6 Å². The standard InChI is InChI=1S/C16H18FNO2/c1-10(2)20-15-6-4-3-5-12(15)16(19)13-9-11(17)7-8-14(13)18/h3-10,16,19H,18H2,1-2H3. The summed E-state index contributed by atoms with van der Waals surface area (Å²) in [7, 11) is 0. The van der Waals surface area contributed by atoms with Crippen LogP contribution in [0.5, 0.6) is 5.75 Å². The topological polar surface area (TPSA) is 55.5 Å². The maximum absolute atomic E-state index is 13.3. The van der Waals surface area contributed by atoms with Crippen LogP contribution in [-0.2, 0) is 0 Å². The Morgan fingerprint density at radius 1 is 1.10 bits per heavy atom. The highest BCUT2D eigenvalue weighted by atomic mass is 19.1. The molecule has 0 fully saturated rings. The van der Waals surface area contributed by atoms with E-state index in [2.05, 4.69) is 0 Å². The number of anilines is 1. The van der Waals surface area contributed by atoms with E-state index in [1.165, 1.54) is 18.2 Å². The smallest absolute Gasteiger partial charge is 0.125 e. The molecule has 0 aliphatic carbocycles. The first-order valence-corrected chi connectivity index (χ1v) is 6.47. The third kappa shape index (κ3) is 3.08. The van der Waals surface area contributed by atoms with Crippen LogP contribution in [-0.4, -0.2) is 11.2 Å². The lowest BCUT2D eigenvalue weighted by molar-refractivity contribution is 0.198. The number of hydrogen-bond donors (Lipinski definition) is 2. The molecule has 0 saturated heterocycles. The van der Waals surface area contributed by atoms with Crippen molar-refractivity contribution in [3.63, 3.8) is 0 Å². The second-order valence-corrected chi connectivity index (χ2v) is 4.88. The first-order chi connectivity index (χ1) is 9.49. The van der Waals surface area contributed by atoms with Gasteiger partial charge in [-0.2, -0.15) is 0 Å². The molecule has 2 aromatic carbocycles. The Hall–Kier alpha value is -2.07. The van der Waals surface area contributed by atoms with Crippen molar-refractivity contribution in [1.29, 1.82) is 0 Å². The lowest BCUT2D eigenvalue weighted by Crippen LogP contribution is -2.11. The zero-order valence-electron chi connectivity index (χ0n) is 11.5. The summed E-state index contributed by atoms with van der Waals surface area (Å²) in [6.45, 7) is 3.80. The number of aliphatic hydroxyl groups is 1. The molecular weight excluding hydrogens is 257 g/mol. The molecule has 0 saturated carbocycles. The van der Waals surface area contributed by atoms with Crippen LogP contribution in [0.25, 0.3) is 0 Å². The minimum atomic E-state index is -1.03. The average Bonchev–Trinajstić information content (AvgIpc) is 2.41. The number of rotatable bonds is 4. The van der Waals surface area contributed by atoms with Crippen LogP contribution in [0.2, 0.25) is 0 Å². The summed E-state index contributed by atoms with van der Waals surface area (Å²) in [5.41, 5.74) is 7.06. The fourth-order valence-corrected chi connectivity index (χ4v) is 2.02. The Labute approximate surface area is 117 Å². The van der Waals surface area contributed by atoms with Crippen LogP contribution in [0, 0.1) is 5.82 Å². The molecular formula is C16H18FNO2. The van der Waals surface area contributed by atoms with Crippen molar-refractivity contribution < 1.29 is 14.2 Å². The SMILES string of the molecule is CC(C)Oc1ccccc1C(O)c1cc(F)ccc1N. The fourth-order valence-electron chi connectivity index (χ4n) is 2.02. The Bertz CT molecular complexity index is 599. The van der Waals surface area contributed by atoms with Crippen molar-refractivity contribution in [2.24, 2.45) is 0 Å². The summed E-state index contributed by atoms with van der Waals surface area (Å²) in [5, 5.41) is 10.5. The van der Waals surface area contributed by atoms with E-state index in [1.807, 2.05) is 19.9 Å². The van der Waals surface area contributed by atoms with E-state index in [1.54, 1.807) is 18.2 Å². The third-order valence-electron chi connectivity index (χ3n) is 2.92. The van der Waals surface area contributed by atoms with Gasteiger partial charge in [0.05, 0.1) is 6.10 Å². The minimum Gasteiger partial charge on any atom is -0.491 e. The molecule has 0 aliphatic rings. The van der Waals surface area contributed by atoms with Crippen LogP contribution in [0.15, 0.2) is 42.5 Å². The predicted molar refractivity (Wildman–Crippen MR) is 77.1 cm³/mol. The molecule has 3 N–H and O–H groups in total. The van der Waals surface area contributed by atoms with Gasteiger partial charge in [0.1, 0.15) is 17.7 Å². The highest BCUT2D eigenvalue weighted by molar-refractivity contribution is 5.52. The number of nitrogen functional groups attached to an aromatic ring is 1. The molecule has 0 spiro atoms. The average molecular weight is 275 g/mol. The molecule has 2 rings (SSSR count). The minimum absolute atomic E-state index is 0.0202. The van der Waals surface area contributed by atoms with Crippen molar-refractivity contribution in [2.45, 2.75) is 26.1 Å². The first kappa shape index (κ1) is 14.3. The van der Waals surface area contributed by atoms with Crippen LogP contribution < -0.4 is 10.5 Å². The van der Waals surface area contributed by atoms with E-state index in [-0.39, 0.29) is 6.10 Å². The molecule has 0 radical (unpaired) electrons. The lowest BCUT2D eigenvalue weighted by atomic mass is 9.99. The number of para-hydroxylation sites is 1. The van der Waals surface area contributed by atoms with E-state index in [0.717, 1.165) is 0 Å². The molecule has 1 unspecified atom stereocenters. The predicted octanol–water partition coefficient (Wildman–Crippen LogP) is 3.28. The summed E-state index contributed by atoms with van der Waals surface area (Å²) in [4.78, 5) is 0. The molecule has 0 bridgehead atoms. The second-order valence-electron chi connectivity index (χ2n) is 4.88. The Morgan fingerprint density at radius 3 is 2.50 bits per heavy atom. The van der Waals surface area contributed by atoms with Gasteiger partial charge in [0.15, 0.2) is 0 Å². The zero-order chi connectivity index (χ0) is 14.7. The summed E-state index contributed by atoms with van der Waals surface area (Å²) in [6, 6.07) is 11.1. The molecule has 20 heavy (non-hydrogen) atoms. The van der Waals surface area contributed by atoms with Crippen LogP contribution in [0.1, 0.15) is 31.1 Å². The molecule has 106 valence electrons. The van der Waals surface area contributed by atoms with E-state index < -0.39 is 11.9 Å². The Morgan fingerprint density at radius 2 is 1.80 bits per heavy atom. The van der Waals surface area contributed by atoms with Crippen molar-refractivity contribution in [1.82, 2.24) is 0 Å². The van der Waals surface area contributed by atoms with E-state index in [9.17, 15) is 9.50 Å². The highest BCUT2D eigenvalue weighted by Crippen LogP contribution is 2.33. The summed E-state index contributed by atoms with van der Waals surface area (Å²) in [6.07, 6.45) is -1.05. The maximum Gasteiger partial charge on any atom is 0.125 e. The molecule has 4 heteroatoms. The molecule has 3 nitrogen and oxygen atoms in total. The van der Waals surface area contributed by atoms with E-state index in [4.69, 9.17) is 10.5 Å². The van der Waals surface area contributed by atoms with Gasteiger partial charge in [0.2, 0.25) is 0 Å². The van der Waals surface area contributed by atoms with Gasteiger partial charge in [0.25, 0.3) is 0 Å². The number of nitrogens with two attached hydrogens (primary N) is 1.